The molecule has 34 heavy (non-hydrogen) atoms. The second-order valence-corrected chi connectivity index (χ2v) is 8.55. The second-order valence-electron chi connectivity index (χ2n) is 8.55. The van der Waals surface area contributed by atoms with Crippen molar-refractivity contribution in [1.29, 1.82) is 0 Å². The maximum absolute atomic E-state index is 13.8. The van der Waals surface area contributed by atoms with E-state index < -0.39 is 0 Å². The Morgan fingerprint density at radius 3 is 2.41 bits per heavy atom. The topological polar surface area (TPSA) is 69.9 Å². The number of aromatic nitrogens is 1. The first-order chi connectivity index (χ1) is 16.4. The van der Waals surface area contributed by atoms with Crippen LogP contribution < -0.4 is 0 Å². The van der Waals surface area contributed by atoms with Gasteiger partial charge in [-0.3, -0.25) is 14.5 Å². The lowest BCUT2D eigenvalue weighted by Gasteiger charge is -2.33. The first-order valence-electron chi connectivity index (χ1n) is 11.4. The molecule has 2 amide bonds. The van der Waals surface area contributed by atoms with Gasteiger partial charge in [-0.25, -0.2) is 9.37 Å². The van der Waals surface area contributed by atoms with Crippen molar-refractivity contribution < 1.29 is 18.4 Å². The first kappa shape index (κ1) is 23.6. The third-order valence-electron chi connectivity index (χ3n) is 6.23. The van der Waals surface area contributed by atoms with Crippen molar-refractivity contribution in [1.82, 2.24) is 19.7 Å². The van der Waals surface area contributed by atoms with Gasteiger partial charge in [-0.2, -0.15) is 0 Å². The summed E-state index contributed by atoms with van der Waals surface area (Å²) in [7, 11) is 0. The molecule has 8 heteroatoms. The van der Waals surface area contributed by atoms with Crippen LogP contribution in [0.2, 0.25) is 0 Å². The number of oxazole rings is 1. The van der Waals surface area contributed by atoms with Crippen molar-refractivity contribution in [2.24, 2.45) is 0 Å². The predicted molar refractivity (Wildman–Crippen MR) is 125 cm³/mol. The summed E-state index contributed by atoms with van der Waals surface area (Å²) in [5.41, 5.74) is 2.21. The lowest BCUT2D eigenvalue weighted by atomic mass is 10.1. The van der Waals surface area contributed by atoms with E-state index in [1.54, 1.807) is 15.9 Å². The molecule has 0 spiro atoms. The minimum atomic E-state index is -0.279. The minimum Gasteiger partial charge on any atom is -0.447 e. The highest BCUT2D eigenvalue weighted by Gasteiger charge is 2.26. The molecule has 1 aromatic heterocycles. The third-order valence-corrected chi connectivity index (χ3v) is 6.23. The van der Waals surface area contributed by atoms with Gasteiger partial charge in [0.2, 0.25) is 11.8 Å². The Bertz CT molecular complexity index is 1130. The van der Waals surface area contributed by atoms with Crippen LogP contribution in [0.25, 0.3) is 0 Å². The Labute approximate surface area is 198 Å². The second kappa shape index (κ2) is 10.6. The number of carbonyl (C=O) groups is 2. The van der Waals surface area contributed by atoms with E-state index in [1.165, 1.54) is 25.3 Å². The van der Waals surface area contributed by atoms with Crippen LogP contribution in [0.5, 0.6) is 0 Å². The summed E-state index contributed by atoms with van der Waals surface area (Å²) in [5.74, 6) is -0.0451. The number of carbonyl (C=O) groups excluding carboxylic acids is 2. The van der Waals surface area contributed by atoms with Gasteiger partial charge in [0.15, 0.2) is 5.69 Å². The van der Waals surface area contributed by atoms with Gasteiger partial charge < -0.3 is 14.2 Å². The number of piperazine rings is 1. The lowest BCUT2D eigenvalue weighted by molar-refractivity contribution is -0.130. The molecule has 1 atom stereocenters. The third kappa shape index (κ3) is 5.69. The molecule has 1 aliphatic heterocycles. The summed E-state index contributed by atoms with van der Waals surface area (Å²) < 4.78 is 19.5. The molecule has 1 saturated heterocycles. The monoisotopic (exact) mass is 464 g/mol. The Kier molecular flexibility index (Phi) is 7.37. The van der Waals surface area contributed by atoms with E-state index in [1.807, 2.05) is 24.3 Å². The molecule has 4 rings (SSSR count). The smallest absolute Gasteiger partial charge is 0.275 e. The summed E-state index contributed by atoms with van der Waals surface area (Å²) in [4.78, 5) is 34.4. The fourth-order valence-corrected chi connectivity index (χ4v) is 4.18. The number of nitrogens with zero attached hydrogens (tertiary/aromatic N) is 4. The highest BCUT2D eigenvalue weighted by molar-refractivity contribution is 5.92. The van der Waals surface area contributed by atoms with Gasteiger partial charge in [-0.05, 0) is 30.2 Å². The van der Waals surface area contributed by atoms with Gasteiger partial charge >= 0.3 is 0 Å². The average molecular weight is 465 g/mol. The van der Waals surface area contributed by atoms with Gasteiger partial charge in [0.25, 0.3) is 5.91 Å². The molecule has 0 saturated carbocycles. The van der Waals surface area contributed by atoms with E-state index in [2.05, 4.69) is 28.9 Å². The van der Waals surface area contributed by atoms with Crippen LogP contribution in [0.4, 0.5) is 4.39 Å². The van der Waals surface area contributed by atoms with Crippen LogP contribution in [-0.2, 0) is 17.9 Å². The molecule has 1 fully saturated rings. The summed E-state index contributed by atoms with van der Waals surface area (Å²) in [6, 6.07) is 16.6. The largest absolute Gasteiger partial charge is 0.447 e. The normalized spacial score (nSPS) is 14.9. The number of hydrogen-bond acceptors (Lipinski definition) is 5. The minimum absolute atomic E-state index is 0.00942. The fourth-order valence-electron chi connectivity index (χ4n) is 4.18. The molecule has 0 bridgehead atoms. The van der Waals surface area contributed by atoms with Crippen LogP contribution >= 0.6 is 0 Å². The Balaban J connectivity index is 1.48. The van der Waals surface area contributed by atoms with Crippen molar-refractivity contribution in [3.8, 4) is 0 Å². The molecule has 0 aliphatic carbocycles. The van der Waals surface area contributed by atoms with Crippen LogP contribution in [0.1, 0.15) is 47.4 Å². The van der Waals surface area contributed by atoms with Crippen molar-refractivity contribution in [2.75, 3.05) is 26.2 Å². The molecule has 178 valence electrons. The molecular weight excluding hydrogens is 435 g/mol. The van der Waals surface area contributed by atoms with E-state index in [4.69, 9.17) is 4.42 Å². The van der Waals surface area contributed by atoms with Gasteiger partial charge in [0.1, 0.15) is 12.1 Å². The van der Waals surface area contributed by atoms with E-state index in [9.17, 15) is 14.0 Å². The Hall–Kier alpha value is -3.52. The predicted octanol–water partition coefficient (Wildman–Crippen LogP) is 3.88. The number of rotatable bonds is 7. The number of amides is 2. The maximum atomic E-state index is 13.8. The zero-order chi connectivity index (χ0) is 24.1. The van der Waals surface area contributed by atoms with Crippen molar-refractivity contribution in [3.63, 3.8) is 0 Å². The molecule has 7 nitrogen and oxygen atoms in total. The van der Waals surface area contributed by atoms with E-state index >= 15 is 0 Å². The average Bonchev–Trinajstić information content (AvgIpc) is 3.32. The van der Waals surface area contributed by atoms with Crippen LogP contribution in [0.3, 0.4) is 0 Å². The SMILES string of the molecule is CC(=O)N1CCN(C(=O)c2coc(CN(Cc3cccc(F)c3)[C@H](C)c3ccccc3)n2)CC1. The zero-order valence-electron chi connectivity index (χ0n) is 19.5. The van der Waals surface area contributed by atoms with Crippen molar-refractivity contribution in [3.05, 3.63) is 89.4 Å². The van der Waals surface area contributed by atoms with Gasteiger partial charge in [0.05, 0.1) is 6.54 Å². The molecular formula is C26H29FN4O3. The zero-order valence-corrected chi connectivity index (χ0v) is 19.5. The maximum Gasteiger partial charge on any atom is 0.275 e. The molecule has 1 aliphatic rings. The van der Waals surface area contributed by atoms with Crippen molar-refractivity contribution in [2.45, 2.75) is 33.0 Å². The standard InChI is InChI=1S/C26H29FN4O3/c1-19(22-8-4-3-5-9-22)31(16-21-7-6-10-23(27)15-21)17-25-28-24(18-34-25)26(33)30-13-11-29(12-14-30)20(2)32/h3-10,15,18-19H,11-14,16-17H2,1-2H3/t19-/m1/s1. The van der Waals surface area contributed by atoms with Crippen molar-refractivity contribution >= 4 is 11.8 Å². The molecule has 3 aromatic rings. The van der Waals surface area contributed by atoms with E-state index in [0.29, 0.717) is 45.2 Å². The van der Waals surface area contributed by atoms with E-state index in [-0.39, 0.29) is 29.4 Å². The summed E-state index contributed by atoms with van der Waals surface area (Å²) >= 11 is 0. The molecule has 2 aromatic carbocycles. The molecule has 0 unspecified atom stereocenters. The summed E-state index contributed by atoms with van der Waals surface area (Å²) in [6.45, 7) is 6.44. The highest BCUT2D eigenvalue weighted by atomic mass is 19.1. The van der Waals surface area contributed by atoms with Gasteiger partial charge in [-0.1, -0.05) is 42.5 Å². The van der Waals surface area contributed by atoms with Gasteiger partial charge in [-0.15, -0.1) is 0 Å². The summed E-state index contributed by atoms with van der Waals surface area (Å²) in [6.07, 6.45) is 1.39. The summed E-state index contributed by atoms with van der Waals surface area (Å²) in [5, 5.41) is 0. The fraction of sp³-hybridized carbons (Fsp3) is 0.346. The van der Waals surface area contributed by atoms with Crippen LogP contribution in [0.15, 0.2) is 65.3 Å². The highest BCUT2D eigenvalue weighted by Crippen LogP contribution is 2.25. The lowest BCUT2D eigenvalue weighted by Crippen LogP contribution is -2.50. The number of benzene rings is 2. The number of hydrogen-bond donors (Lipinski definition) is 0. The van der Waals surface area contributed by atoms with Crippen LogP contribution in [0, 0.1) is 5.82 Å². The molecule has 0 N–H and O–H groups in total. The first-order valence-corrected chi connectivity index (χ1v) is 11.4. The van der Waals surface area contributed by atoms with Crippen LogP contribution in [-0.4, -0.2) is 57.7 Å². The molecule has 2 heterocycles. The Morgan fingerprint density at radius 2 is 1.74 bits per heavy atom. The van der Waals surface area contributed by atoms with Gasteiger partial charge in [0, 0.05) is 45.7 Å². The number of halogens is 1. The quantitative estimate of drug-likeness (QED) is 0.531. The Morgan fingerprint density at radius 1 is 1.03 bits per heavy atom. The molecule has 0 radical (unpaired) electrons. The van der Waals surface area contributed by atoms with E-state index in [0.717, 1.165) is 11.1 Å².